The van der Waals surface area contributed by atoms with E-state index in [-0.39, 0.29) is 28.4 Å². The Morgan fingerprint density at radius 3 is 2.40 bits per heavy atom. The summed E-state index contributed by atoms with van der Waals surface area (Å²) in [5, 5.41) is 10.6. The van der Waals surface area contributed by atoms with Gasteiger partial charge in [-0.3, -0.25) is 4.79 Å². The van der Waals surface area contributed by atoms with Crippen molar-refractivity contribution in [1.82, 2.24) is 0 Å². The van der Waals surface area contributed by atoms with Crippen LogP contribution in [0.15, 0.2) is 42.5 Å². The quantitative estimate of drug-likeness (QED) is 0.782. The first kappa shape index (κ1) is 17.7. The number of hydrogen-bond acceptors (Lipinski definition) is 2. The van der Waals surface area contributed by atoms with Crippen molar-refractivity contribution in [1.29, 1.82) is 0 Å². The standard InChI is InChI=1S/C20H19F3O2/c1-3-6-12(2)18(24)13-9-10-15-14-7-4-5-8-16(14)19(25,17(15)11-13)20(21,22)23/h4-5,7-12,25H,3,6H2,1-2H3. The Labute approximate surface area is 144 Å². The third-order valence-electron chi connectivity index (χ3n) is 4.88. The lowest BCUT2D eigenvalue weighted by Crippen LogP contribution is -2.41. The first-order chi connectivity index (χ1) is 11.7. The van der Waals surface area contributed by atoms with Crippen molar-refractivity contribution in [2.24, 2.45) is 5.92 Å². The zero-order valence-corrected chi connectivity index (χ0v) is 14.0. The van der Waals surface area contributed by atoms with Crippen LogP contribution in [0.1, 0.15) is 48.2 Å². The van der Waals surface area contributed by atoms with Crippen LogP contribution in [0.2, 0.25) is 0 Å². The Hall–Kier alpha value is -2.14. The Balaban J connectivity index is 2.18. The molecular formula is C20H19F3O2. The fraction of sp³-hybridized carbons (Fsp3) is 0.350. The average molecular weight is 348 g/mol. The van der Waals surface area contributed by atoms with Crippen LogP contribution in [0.25, 0.3) is 11.1 Å². The number of alkyl halides is 3. The number of fused-ring (bicyclic) bond motifs is 3. The molecule has 0 radical (unpaired) electrons. The van der Waals surface area contributed by atoms with Crippen LogP contribution >= 0.6 is 0 Å². The van der Waals surface area contributed by atoms with Gasteiger partial charge >= 0.3 is 6.18 Å². The zero-order valence-electron chi connectivity index (χ0n) is 14.0. The second-order valence-electron chi connectivity index (χ2n) is 6.57. The van der Waals surface area contributed by atoms with Crippen molar-refractivity contribution in [2.45, 2.75) is 38.5 Å². The van der Waals surface area contributed by atoms with Gasteiger partial charge < -0.3 is 5.11 Å². The lowest BCUT2D eigenvalue weighted by molar-refractivity contribution is -0.246. The highest BCUT2D eigenvalue weighted by molar-refractivity contribution is 5.99. The van der Waals surface area contributed by atoms with Gasteiger partial charge in [0.2, 0.25) is 5.60 Å². The van der Waals surface area contributed by atoms with Crippen LogP contribution in [0.3, 0.4) is 0 Å². The minimum Gasteiger partial charge on any atom is -0.372 e. The average Bonchev–Trinajstić information content (AvgIpc) is 2.84. The van der Waals surface area contributed by atoms with Crippen LogP contribution in [0.5, 0.6) is 0 Å². The van der Waals surface area contributed by atoms with Crippen LogP contribution in [0.4, 0.5) is 13.2 Å². The minimum atomic E-state index is -4.88. The van der Waals surface area contributed by atoms with Crippen LogP contribution < -0.4 is 0 Å². The fourth-order valence-corrected chi connectivity index (χ4v) is 3.56. The lowest BCUT2D eigenvalue weighted by atomic mass is 9.87. The topological polar surface area (TPSA) is 37.3 Å². The van der Waals surface area contributed by atoms with Gasteiger partial charge in [0.1, 0.15) is 0 Å². The molecule has 3 rings (SSSR count). The molecule has 2 nitrogen and oxygen atoms in total. The van der Waals surface area contributed by atoms with E-state index in [2.05, 4.69) is 0 Å². The molecule has 1 N–H and O–H groups in total. The lowest BCUT2D eigenvalue weighted by Gasteiger charge is -2.28. The van der Waals surface area contributed by atoms with Gasteiger partial charge in [0.05, 0.1) is 0 Å². The number of aliphatic hydroxyl groups is 1. The van der Waals surface area contributed by atoms with Gasteiger partial charge in [-0.05, 0) is 23.6 Å². The molecule has 5 heteroatoms. The molecule has 25 heavy (non-hydrogen) atoms. The number of carbonyl (C=O) groups is 1. The molecule has 1 aliphatic carbocycles. The molecule has 0 spiro atoms. The van der Waals surface area contributed by atoms with Crippen molar-refractivity contribution in [3.8, 4) is 11.1 Å². The summed E-state index contributed by atoms with van der Waals surface area (Å²) in [7, 11) is 0. The summed E-state index contributed by atoms with van der Waals surface area (Å²) in [5.74, 6) is -0.476. The normalized spacial score (nSPS) is 20.1. The summed E-state index contributed by atoms with van der Waals surface area (Å²) >= 11 is 0. The number of carbonyl (C=O) groups excluding carboxylic acids is 1. The molecule has 2 unspecified atom stereocenters. The molecule has 1 aliphatic rings. The predicted molar refractivity (Wildman–Crippen MR) is 89.3 cm³/mol. The number of ketones is 1. The van der Waals surface area contributed by atoms with Crippen molar-refractivity contribution in [2.75, 3.05) is 0 Å². The van der Waals surface area contributed by atoms with Gasteiger partial charge in [0.15, 0.2) is 5.78 Å². The highest BCUT2D eigenvalue weighted by Gasteiger charge is 2.60. The molecule has 0 bridgehead atoms. The van der Waals surface area contributed by atoms with Gasteiger partial charge in [0.25, 0.3) is 0 Å². The van der Waals surface area contributed by atoms with E-state index < -0.39 is 11.8 Å². The maximum absolute atomic E-state index is 13.8. The molecule has 0 amide bonds. The second kappa shape index (κ2) is 5.99. The Bertz CT molecular complexity index is 826. The summed E-state index contributed by atoms with van der Waals surface area (Å²) in [6, 6.07) is 10.2. The summed E-state index contributed by atoms with van der Waals surface area (Å²) in [6.45, 7) is 3.72. The molecule has 132 valence electrons. The van der Waals surface area contributed by atoms with E-state index in [1.54, 1.807) is 25.1 Å². The SMILES string of the molecule is CCCC(C)C(=O)c1ccc2c(c1)C(O)(C(F)(F)F)c1ccccc1-2. The molecule has 0 aliphatic heterocycles. The van der Waals surface area contributed by atoms with Crippen molar-refractivity contribution < 1.29 is 23.1 Å². The number of hydrogen-bond donors (Lipinski definition) is 1. The maximum atomic E-state index is 13.8. The van der Waals surface area contributed by atoms with Crippen LogP contribution in [-0.2, 0) is 5.60 Å². The Morgan fingerprint density at radius 1 is 1.12 bits per heavy atom. The minimum absolute atomic E-state index is 0.191. The first-order valence-electron chi connectivity index (χ1n) is 8.29. The maximum Gasteiger partial charge on any atom is 0.425 e. The highest BCUT2D eigenvalue weighted by atomic mass is 19.4. The predicted octanol–water partition coefficient (Wildman–Crippen LogP) is 5.08. The molecule has 2 aromatic rings. The van der Waals surface area contributed by atoms with Gasteiger partial charge in [0, 0.05) is 22.6 Å². The molecule has 0 saturated carbocycles. The first-order valence-corrected chi connectivity index (χ1v) is 8.29. The second-order valence-corrected chi connectivity index (χ2v) is 6.57. The molecule has 2 aromatic carbocycles. The third-order valence-corrected chi connectivity index (χ3v) is 4.88. The Kier molecular flexibility index (Phi) is 4.23. The van der Waals surface area contributed by atoms with E-state index in [1.807, 2.05) is 6.92 Å². The van der Waals surface area contributed by atoms with Crippen molar-refractivity contribution in [3.05, 3.63) is 59.2 Å². The molecule has 0 fully saturated rings. The van der Waals surface area contributed by atoms with E-state index in [0.717, 1.165) is 6.42 Å². The fourth-order valence-electron chi connectivity index (χ4n) is 3.56. The van der Waals surface area contributed by atoms with E-state index in [4.69, 9.17) is 0 Å². The van der Waals surface area contributed by atoms with Gasteiger partial charge in [-0.2, -0.15) is 13.2 Å². The number of Topliss-reactive ketones (excluding diaryl/α,β-unsaturated/α-hetero) is 1. The summed E-state index contributed by atoms with van der Waals surface area (Å²) in [4.78, 5) is 12.5. The van der Waals surface area contributed by atoms with E-state index in [1.165, 1.54) is 24.3 Å². The van der Waals surface area contributed by atoms with E-state index in [0.29, 0.717) is 17.5 Å². The summed E-state index contributed by atoms with van der Waals surface area (Å²) in [5.41, 5.74) is -2.69. The molecule has 0 saturated heterocycles. The molecular weight excluding hydrogens is 329 g/mol. The van der Waals surface area contributed by atoms with E-state index >= 15 is 0 Å². The van der Waals surface area contributed by atoms with Gasteiger partial charge in [-0.25, -0.2) is 0 Å². The summed E-state index contributed by atoms with van der Waals surface area (Å²) in [6.07, 6.45) is -3.40. The van der Waals surface area contributed by atoms with Crippen LogP contribution in [-0.4, -0.2) is 17.1 Å². The largest absolute Gasteiger partial charge is 0.425 e. The smallest absolute Gasteiger partial charge is 0.372 e. The van der Waals surface area contributed by atoms with Crippen LogP contribution in [0, 0.1) is 5.92 Å². The monoisotopic (exact) mass is 348 g/mol. The Morgan fingerprint density at radius 2 is 1.76 bits per heavy atom. The number of rotatable bonds is 4. The van der Waals surface area contributed by atoms with E-state index in [9.17, 15) is 23.1 Å². The molecule has 0 aromatic heterocycles. The van der Waals surface area contributed by atoms with Gasteiger partial charge in [-0.1, -0.05) is 56.7 Å². The number of halogens is 3. The molecule has 2 atom stereocenters. The molecule has 0 heterocycles. The highest BCUT2D eigenvalue weighted by Crippen LogP contribution is 2.55. The number of benzene rings is 2. The van der Waals surface area contributed by atoms with Crippen molar-refractivity contribution in [3.63, 3.8) is 0 Å². The summed E-state index contributed by atoms with van der Waals surface area (Å²) < 4.78 is 41.3. The zero-order chi connectivity index (χ0) is 18.4. The van der Waals surface area contributed by atoms with Gasteiger partial charge in [-0.15, -0.1) is 0 Å². The third kappa shape index (κ3) is 2.58. The van der Waals surface area contributed by atoms with Crippen molar-refractivity contribution >= 4 is 5.78 Å².